The molecular formula is C17H11Cl2F3O4. The Morgan fingerprint density at radius 3 is 2.42 bits per heavy atom. The van der Waals surface area contributed by atoms with E-state index < -0.39 is 24.2 Å². The Kier molecular flexibility index (Phi) is 4.94. The first-order chi connectivity index (χ1) is 12.1. The highest BCUT2D eigenvalue weighted by Gasteiger charge is 2.52. The molecule has 2 aromatic carbocycles. The molecule has 1 aliphatic heterocycles. The molecule has 0 fully saturated rings. The summed E-state index contributed by atoms with van der Waals surface area (Å²) >= 11 is 11.9. The summed E-state index contributed by atoms with van der Waals surface area (Å²) in [6, 6.07) is 8.87. The third-order valence-electron chi connectivity index (χ3n) is 3.86. The minimum Gasteiger partial charge on any atom is -0.481 e. The van der Waals surface area contributed by atoms with Gasteiger partial charge in [-0.25, -0.2) is 0 Å². The number of hydrogen-bond acceptors (Lipinski definition) is 3. The summed E-state index contributed by atoms with van der Waals surface area (Å²) < 4.78 is 50.0. The van der Waals surface area contributed by atoms with Gasteiger partial charge in [0.2, 0.25) is 6.10 Å². The van der Waals surface area contributed by atoms with Crippen molar-refractivity contribution in [3.8, 4) is 17.2 Å². The van der Waals surface area contributed by atoms with Crippen LogP contribution in [0.25, 0.3) is 0 Å². The first kappa shape index (κ1) is 18.7. The summed E-state index contributed by atoms with van der Waals surface area (Å²) in [6.45, 7) is 0. The summed E-state index contributed by atoms with van der Waals surface area (Å²) in [5.41, 5.74) is 0.270. The first-order valence-electron chi connectivity index (χ1n) is 7.37. The fourth-order valence-corrected chi connectivity index (χ4v) is 2.98. The molecule has 0 saturated heterocycles. The van der Waals surface area contributed by atoms with Gasteiger partial charge in [-0.15, -0.1) is 0 Å². The lowest BCUT2D eigenvalue weighted by atomic mass is 9.90. The zero-order valence-electron chi connectivity index (χ0n) is 12.9. The number of rotatable bonds is 3. The van der Waals surface area contributed by atoms with E-state index in [1.54, 1.807) is 24.3 Å². The Labute approximate surface area is 156 Å². The molecule has 0 aliphatic carbocycles. The normalized spacial score (nSPS) is 19.4. The van der Waals surface area contributed by atoms with Crippen LogP contribution in [0.4, 0.5) is 13.2 Å². The van der Waals surface area contributed by atoms with Crippen LogP contribution in [-0.4, -0.2) is 23.4 Å². The van der Waals surface area contributed by atoms with Crippen molar-refractivity contribution in [2.45, 2.75) is 18.7 Å². The summed E-state index contributed by atoms with van der Waals surface area (Å²) in [4.78, 5) is 11.2. The second kappa shape index (κ2) is 6.89. The van der Waals surface area contributed by atoms with Crippen molar-refractivity contribution in [1.82, 2.24) is 0 Å². The van der Waals surface area contributed by atoms with Gasteiger partial charge in [-0.05, 0) is 42.3 Å². The van der Waals surface area contributed by atoms with Gasteiger partial charge in [0.1, 0.15) is 23.2 Å². The van der Waals surface area contributed by atoms with Crippen LogP contribution in [0.1, 0.15) is 5.56 Å². The standard InChI is InChI=1S/C17H11Cl2F3O4/c18-9-1-3-10(4-2-9)25-14-7-13-8(6-12(14)19)5-11(16(23)24)15(26-13)17(20,21)22/h1-4,6-7,11,15H,5H2,(H,23,24)/t11-,15+/m1/s1. The molecule has 0 aromatic heterocycles. The van der Waals surface area contributed by atoms with Crippen LogP contribution in [0.15, 0.2) is 36.4 Å². The number of carboxylic acid groups (broad SMARTS) is 1. The van der Waals surface area contributed by atoms with E-state index in [1.807, 2.05) is 0 Å². The molecule has 138 valence electrons. The first-order valence-corrected chi connectivity index (χ1v) is 8.13. The number of carboxylic acids is 1. The number of alkyl halides is 3. The molecule has 0 amide bonds. The molecule has 4 nitrogen and oxygen atoms in total. The second-order valence-electron chi connectivity index (χ2n) is 5.68. The molecule has 2 atom stereocenters. The van der Waals surface area contributed by atoms with E-state index in [2.05, 4.69) is 0 Å². The summed E-state index contributed by atoms with van der Waals surface area (Å²) in [5, 5.41) is 9.70. The van der Waals surface area contributed by atoms with E-state index in [9.17, 15) is 18.0 Å². The average Bonchev–Trinajstić information content (AvgIpc) is 2.55. The molecule has 2 aromatic rings. The molecule has 9 heteroatoms. The van der Waals surface area contributed by atoms with Crippen molar-refractivity contribution in [2.75, 3.05) is 0 Å². The number of hydrogen-bond donors (Lipinski definition) is 1. The third-order valence-corrected chi connectivity index (χ3v) is 4.40. The number of fused-ring (bicyclic) bond motifs is 1. The SMILES string of the molecule is O=C(O)[C@@H]1Cc2cc(Cl)c(Oc3ccc(Cl)cc3)cc2O[C@@H]1C(F)(F)F. The Morgan fingerprint density at radius 2 is 1.85 bits per heavy atom. The maximum Gasteiger partial charge on any atom is 0.426 e. The van der Waals surface area contributed by atoms with Crippen molar-refractivity contribution < 1.29 is 32.5 Å². The van der Waals surface area contributed by atoms with Gasteiger partial charge in [-0.2, -0.15) is 13.2 Å². The van der Waals surface area contributed by atoms with E-state index >= 15 is 0 Å². The van der Waals surface area contributed by atoms with E-state index in [0.29, 0.717) is 10.8 Å². The van der Waals surface area contributed by atoms with Crippen LogP contribution in [0.3, 0.4) is 0 Å². The molecule has 0 spiro atoms. The average molecular weight is 407 g/mol. The van der Waals surface area contributed by atoms with Gasteiger partial charge >= 0.3 is 12.1 Å². The maximum absolute atomic E-state index is 13.2. The highest BCUT2D eigenvalue weighted by Crippen LogP contribution is 2.43. The van der Waals surface area contributed by atoms with Gasteiger partial charge in [-0.1, -0.05) is 23.2 Å². The van der Waals surface area contributed by atoms with Gasteiger partial charge in [0, 0.05) is 11.1 Å². The zero-order valence-corrected chi connectivity index (χ0v) is 14.4. The van der Waals surface area contributed by atoms with E-state index in [-0.39, 0.29) is 28.5 Å². The number of ether oxygens (including phenoxy) is 2. The second-order valence-corrected chi connectivity index (χ2v) is 6.52. The minimum absolute atomic E-state index is 0.0856. The lowest BCUT2D eigenvalue weighted by molar-refractivity contribution is -0.217. The van der Waals surface area contributed by atoms with Gasteiger partial charge in [0.15, 0.2) is 0 Å². The smallest absolute Gasteiger partial charge is 0.426 e. The lowest BCUT2D eigenvalue weighted by Gasteiger charge is -2.32. The molecular weight excluding hydrogens is 396 g/mol. The topological polar surface area (TPSA) is 55.8 Å². The highest BCUT2D eigenvalue weighted by atomic mass is 35.5. The molecule has 1 heterocycles. The lowest BCUT2D eigenvalue weighted by Crippen LogP contribution is -2.47. The minimum atomic E-state index is -4.82. The molecule has 0 radical (unpaired) electrons. The fourth-order valence-electron chi connectivity index (χ4n) is 2.63. The fraction of sp³-hybridized carbons (Fsp3) is 0.235. The summed E-state index contributed by atoms with van der Waals surface area (Å²) in [6.07, 6.45) is -7.62. The molecule has 26 heavy (non-hydrogen) atoms. The summed E-state index contributed by atoms with van der Waals surface area (Å²) in [7, 11) is 0. The quantitative estimate of drug-likeness (QED) is 0.745. The van der Waals surface area contributed by atoms with Crippen molar-refractivity contribution in [2.24, 2.45) is 5.92 Å². The Balaban J connectivity index is 1.94. The van der Waals surface area contributed by atoms with Crippen LogP contribution in [0.2, 0.25) is 10.0 Å². The van der Waals surface area contributed by atoms with Gasteiger partial charge in [0.25, 0.3) is 0 Å². The maximum atomic E-state index is 13.2. The predicted molar refractivity (Wildman–Crippen MR) is 88.3 cm³/mol. The number of aliphatic carboxylic acids is 1. The molecule has 1 aliphatic rings. The predicted octanol–water partition coefficient (Wildman–Crippen LogP) is 5.35. The molecule has 0 bridgehead atoms. The van der Waals surface area contributed by atoms with E-state index in [1.165, 1.54) is 12.1 Å². The molecule has 0 unspecified atom stereocenters. The Bertz CT molecular complexity index is 837. The summed E-state index contributed by atoms with van der Waals surface area (Å²) in [5.74, 6) is -2.99. The monoisotopic (exact) mass is 406 g/mol. The Morgan fingerprint density at radius 1 is 1.19 bits per heavy atom. The number of benzene rings is 2. The number of carbonyl (C=O) groups is 1. The number of halogens is 5. The highest BCUT2D eigenvalue weighted by molar-refractivity contribution is 6.32. The van der Waals surface area contributed by atoms with Crippen molar-refractivity contribution >= 4 is 29.2 Å². The van der Waals surface area contributed by atoms with Gasteiger partial charge < -0.3 is 14.6 Å². The van der Waals surface area contributed by atoms with Crippen molar-refractivity contribution in [1.29, 1.82) is 0 Å². The Hall–Kier alpha value is -2.12. The van der Waals surface area contributed by atoms with Gasteiger partial charge in [0.05, 0.1) is 5.02 Å². The molecule has 1 N–H and O–H groups in total. The van der Waals surface area contributed by atoms with Crippen LogP contribution in [0, 0.1) is 5.92 Å². The van der Waals surface area contributed by atoms with Gasteiger partial charge in [-0.3, -0.25) is 4.79 Å². The van der Waals surface area contributed by atoms with Crippen LogP contribution in [-0.2, 0) is 11.2 Å². The third kappa shape index (κ3) is 3.83. The zero-order chi connectivity index (χ0) is 19.1. The van der Waals surface area contributed by atoms with Crippen molar-refractivity contribution in [3.63, 3.8) is 0 Å². The van der Waals surface area contributed by atoms with Crippen LogP contribution in [0.5, 0.6) is 17.2 Å². The molecule has 3 rings (SSSR count). The largest absolute Gasteiger partial charge is 0.481 e. The van der Waals surface area contributed by atoms with Crippen LogP contribution < -0.4 is 9.47 Å². The van der Waals surface area contributed by atoms with Crippen molar-refractivity contribution in [3.05, 3.63) is 52.0 Å². The van der Waals surface area contributed by atoms with Crippen LogP contribution >= 0.6 is 23.2 Å². The molecule has 0 saturated carbocycles. The van der Waals surface area contributed by atoms with E-state index in [4.69, 9.17) is 37.8 Å². The van der Waals surface area contributed by atoms with E-state index in [0.717, 1.165) is 0 Å².